The summed E-state index contributed by atoms with van der Waals surface area (Å²) in [6.45, 7) is 2.23. The van der Waals surface area contributed by atoms with E-state index in [1.54, 1.807) is 12.1 Å². The van der Waals surface area contributed by atoms with E-state index in [2.05, 4.69) is 11.1 Å². The number of piperazine rings is 1. The van der Waals surface area contributed by atoms with Gasteiger partial charge in [-0.3, -0.25) is 4.79 Å². The van der Waals surface area contributed by atoms with Gasteiger partial charge in [0.2, 0.25) is 17.5 Å². The highest BCUT2D eigenvalue weighted by molar-refractivity contribution is 6.30. The number of nitriles is 1. The van der Waals surface area contributed by atoms with Crippen molar-refractivity contribution in [2.75, 3.05) is 31.1 Å². The Morgan fingerprint density at radius 2 is 1.82 bits per heavy atom. The summed E-state index contributed by atoms with van der Waals surface area (Å²) in [5, 5.41) is 10.0. The lowest BCUT2D eigenvalue weighted by molar-refractivity contribution is 0.0745. The van der Waals surface area contributed by atoms with Gasteiger partial charge < -0.3 is 14.2 Å². The van der Waals surface area contributed by atoms with Gasteiger partial charge in [-0.2, -0.15) is 10.2 Å². The maximum atomic E-state index is 12.6. The van der Waals surface area contributed by atoms with Gasteiger partial charge in [0.15, 0.2) is 0 Å². The van der Waals surface area contributed by atoms with Crippen molar-refractivity contribution in [2.45, 2.75) is 0 Å². The monoisotopic (exact) mass is 392 g/mol. The minimum atomic E-state index is 0.0120. The Morgan fingerprint density at radius 1 is 1.07 bits per heavy atom. The molecule has 1 fully saturated rings. The van der Waals surface area contributed by atoms with Crippen molar-refractivity contribution in [3.8, 4) is 17.5 Å². The van der Waals surface area contributed by atoms with Crippen molar-refractivity contribution < 1.29 is 9.21 Å². The molecule has 4 rings (SSSR count). The maximum absolute atomic E-state index is 12.6. The Kier molecular flexibility index (Phi) is 5.00. The van der Waals surface area contributed by atoms with Crippen molar-refractivity contribution in [3.63, 3.8) is 0 Å². The topological polar surface area (TPSA) is 73.4 Å². The molecule has 0 unspecified atom stereocenters. The minimum absolute atomic E-state index is 0.0120. The summed E-state index contributed by atoms with van der Waals surface area (Å²) in [5.41, 5.74) is 1.63. The van der Waals surface area contributed by atoms with Crippen LogP contribution in [0.3, 0.4) is 0 Å². The fourth-order valence-electron chi connectivity index (χ4n) is 3.22. The fourth-order valence-corrected chi connectivity index (χ4v) is 3.41. The van der Waals surface area contributed by atoms with Crippen LogP contribution in [0.4, 0.5) is 5.88 Å². The molecule has 0 N–H and O–H groups in total. The Labute approximate surface area is 167 Å². The van der Waals surface area contributed by atoms with Crippen LogP contribution in [0.2, 0.25) is 5.02 Å². The molecule has 1 aromatic heterocycles. The zero-order valence-corrected chi connectivity index (χ0v) is 15.8. The minimum Gasteiger partial charge on any atom is -0.419 e. The van der Waals surface area contributed by atoms with Gasteiger partial charge >= 0.3 is 0 Å². The lowest BCUT2D eigenvalue weighted by Crippen LogP contribution is -2.48. The molecule has 1 amide bonds. The number of oxazole rings is 1. The van der Waals surface area contributed by atoms with Crippen molar-refractivity contribution in [1.82, 2.24) is 9.88 Å². The average molecular weight is 393 g/mol. The van der Waals surface area contributed by atoms with Crippen molar-refractivity contribution >= 4 is 23.4 Å². The largest absolute Gasteiger partial charge is 0.419 e. The summed E-state index contributed by atoms with van der Waals surface area (Å²) in [5.74, 6) is 0.805. The number of hydrogen-bond acceptors (Lipinski definition) is 5. The third kappa shape index (κ3) is 3.57. The fraction of sp³-hybridized carbons (Fsp3) is 0.190. The Hall–Kier alpha value is -3.30. The quantitative estimate of drug-likeness (QED) is 0.677. The van der Waals surface area contributed by atoms with E-state index in [0.717, 1.165) is 0 Å². The first-order chi connectivity index (χ1) is 13.7. The maximum Gasteiger partial charge on any atom is 0.253 e. The van der Waals surface area contributed by atoms with Crippen LogP contribution < -0.4 is 4.90 Å². The molecule has 3 aromatic rings. The molecule has 6 nitrogen and oxygen atoms in total. The van der Waals surface area contributed by atoms with Gasteiger partial charge in [-0.15, -0.1) is 0 Å². The van der Waals surface area contributed by atoms with Crippen LogP contribution in [0, 0.1) is 11.3 Å². The van der Waals surface area contributed by atoms with E-state index >= 15 is 0 Å². The van der Waals surface area contributed by atoms with E-state index in [-0.39, 0.29) is 11.6 Å². The summed E-state index contributed by atoms with van der Waals surface area (Å²) in [6.07, 6.45) is 0. The summed E-state index contributed by atoms with van der Waals surface area (Å²) >= 11 is 6.04. The molecule has 0 atom stereocenters. The molecule has 1 aliphatic heterocycles. The molecule has 140 valence electrons. The molecule has 0 saturated carbocycles. The van der Waals surface area contributed by atoms with E-state index in [1.807, 2.05) is 52.3 Å². The van der Waals surface area contributed by atoms with Crippen LogP contribution in [0.25, 0.3) is 11.5 Å². The lowest BCUT2D eigenvalue weighted by Gasteiger charge is -2.34. The Bertz CT molecular complexity index is 1030. The Morgan fingerprint density at radius 3 is 2.50 bits per heavy atom. The highest BCUT2D eigenvalue weighted by Crippen LogP contribution is 2.30. The average Bonchev–Trinajstić information content (AvgIpc) is 3.18. The third-order valence-electron chi connectivity index (χ3n) is 4.66. The molecule has 2 aromatic carbocycles. The predicted octanol–water partition coefficient (Wildman–Crippen LogP) is 3.83. The van der Waals surface area contributed by atoms with Crippen LogP contribution in [-0.2, 0) is 0 Å². The highest BCUT2D eigenvalue weighted by Gasteiger charge is 2.27. The molecular formula is C21H17ClN4O2. The van der Waals surface area contributed by atoms with Crippen LogP contribution in [0.15, 0.2) is 59.0 Å². The molecule has 1 saturated heterocycles. The van der Waals surface area contributed by atoms with Crippen LogP contribution >= 0.6 is 11.6 Å². The highest BCUT2D eigenvalue weighted by atomic mass is 35.5. The van der Waals surface area contributed by atoms with Crippen molar-refractivity contribution in [3.05, 3.63) is 70.9 Å². The summed E-state index contributed by atoms with van der Waals surface area (Å²) in [4.78, 5) is 20.7. The second kappa shape index (κ2) is 7.75. The van der Waals surface area contributed by atoms with Crippen molar-refractivity contribution in [1.29, 1.82) is 5.26 Å². The first-order valence-electron chi connectivity index (χ1n) is 8.92. The van der Waals surface area contributed by atoms with Crippen molar-refractivity contribution in [2.24, 2.45) is 0 Å². The van der Waals surface area contributed by atoms with Gasteiger partial charge in [0, 0.05) is 42.3 Å². The summed E-state index contributed by atoms with van der Waals surface area (Å²) < 4.78 is 5.90. The normalized spacial score (nSPS) is 14.0. The van der Waals surface area contributed by atoms with E-state index in [4.69, 9.17) is 16.0 Å². The van der Waals surface area contributed by atoms with E-state index in [9.17, 15) is 10.1 Å². The number of aromatic nitrogens is 1. The number of nitrogens with zero attached hydrogens (tertiary/aromatic N) is 4. The first-order valence-corrected chi connectivity index (χ1v) is 9.29. The third-order valence-corrected chi connectivity index (χ3v) is 4.90. The number of carbonyl (C=O) groups excluding carboxylic acids is 1. The molecule has 28 heavy (non-hydrogen) atoms. The first kappa shape index (κ1) is 18.1. The number of rotatable bonds is 3. The number of halogens is 1. The summed E-state index contributed by atoms with van der Waals surface area (Å²) in [7, 11) is 0. The summed E-state index contributed by atoms with van der Waals surface area (Å²) in [6, 6.07) is 18.5. The van der Waals surface area contributed by atoms with Gasteiger partial charge in [0.25, 0.3) is 5.91 Å². The molecule has 0 radical (unpaired) electrons. The number of benzene rings is 2. The molecule has 0 bridgehead atoms. The van der Waals surface area contributed by atoms with Gasteiger partial charge in [-0.05, 0) is 30.3 Å². The molecule has 0 aliphatic carbocycles. The second-order valence-corrected chi connectivity index (χ2v) is 6.88. The second-order valence-electron chi connectivity index (χ2n) is 6.44. The van der Waals surface area contributed by atoms with E-state index in [1.165, 1.54) is 0 Å². The van der Waals surface area contributed by atoms with Gasteiger partial charge in [0.05, 0.1) is 0 Å². The molecule has 2 heterocycles. The van der Waals surface area contributed by atoms with Crippen LogP contribution in [0.5, 0.6) is 0 Å². The predicted molar refractivity (Wildman–Crippen MR) is 106 cm³/mol. The molecule has 1 aliphatic rings. The van der Waals surface area contributed by atoms with E-state index in [0.29, 0.717) is 54.1 Å². The molecule has 0 spiro atoms. The number of anilines is 1. The van der Waals surface area contributed by atoms with Gasteiger partial charge in [0.1, 0.15) is 6.07 Å². The van der Waals surface area contributed by atoms with Gasteiger partial charge in [-0.1, -0.05) is 35.9 Å². The number of carbonyl (C=O) groups is 1. The van der Waals surface area contributed by atoms with E-state index < -0.39 is 0 Å². The smallest absolute Gasteiger partial charge is 0.253 e. The van der Waals surface area contributed by atoms with Gasteiger partial charge in [-0.25, -0.2) is 0 Å². The van der Waals surface area contributed by atoms with Crippen LogP contribution in [0.1, 0.15) is 16.1 Å². The SMILES string of the molecule is N#Cc1nc(-c2cccc(Cl)c2)oc1N1CCN(C(=O)c2ccccc2)CC1. The zero-order chi connectivity index (χ0) is 19.5. The number of amides is 1. The molecule has 7 heteroatoms. The van der Waals surface area contributed by atoms with Crippen LogP contribution in [-0.4, -0.2) is 42.0 Å². The lowest BCUT2D eigenvalue weighted by atomic mass is 10.2. The number of hydrogen-bond donors (Lipinski definition) is 0. The standard InChI is InChI=1S/C21H17ClN4O2/c22-17-8-4-7-16(13-17)19-24-18(14-23)21(28-19)26-11-9-25(10-12-26)20(27)15-5-2-1-3-6-15/h1-8,13H,9-12H2. The Balaban J connectivity index is 1.50. The molecular weight excluding hydrogens is 376 g/mol. The zero-order valence-electron chi connectivity index (χ0n) is 15.0.